The number of hydrogen-bond acceptors (Lipinski definition) is 6. The van der Waals surface area contributed by atoms with Crippen molar-refractivity contribution in [2.24, 2.45) is 5.73 Å². The first-order valence-corrected chi connectivity index (χ1v) is 9.00. The van der Waals surface area contributed by atoms with E-state index in [9.17, 15) is 14.7 Å². The zero-order valence-electron chi connectivity index (χ0n) is 14.3. The summed E-state index contributed by atoms with van der Waals surface area (Å²) in [5.74, 6) is 4.53. The second-order valence-corrected chi connectivity index (χ2v) is 7.12. The van der Waals surface area contributed by atoms with Gasteiger partial charge in [-0.15, -0.1) is 11.3 Å². The number of primary amides is 1. The van der Waals surface area contributed by atoms with Gasteiger partial charge in [0.05, 0.1) is 11.2 Å². The fraction of sp³-hybridized carbons (Fsp3) is 0.222. The summed E-state index contributed by atoms with van der Waals surface area (Å²) in [7, 11) is 1.63. The van der Waals surface area contributed by atoms with E-state index in [-0.39, 0.29) is 12.1 Å². The topological polar surface area (TPSA) is 114 Å². The molecule has 3 aromatic rings. The van der Waals surface area contributed by atoms with E-state index in [1.807, 2.05) is 0 Å². The molecule has 2 amide bonds. The Labute approximate surface area is 158 Å². The van der Waals surface area contributed by atoms with Crippen molar-refractivity contribution >= 4 is 33.5 Å². The number of thiazole rings is 1. The predicted molar refractivity (Wildman–Crippen MR) is 99.3 cm³/mol. The highest BCUT2D eigenvalue weighted by atomic mass is 32.1. The van der Waals surface area contributed by atoms with Crippen LogP contribution in [0.1, 0.15) is 22.5 Å². The first kappa shape index (κ1) is 17.2. The molecule has 1 aromatic carbocycles. The van der Waals surface area contributed by atoms with Crippen molar-refractivity contribution in [1.82, 2.24) is 19.7 Å². The summed E-state index contributed by atoms with van der Waals surface area (Å²) in [6.45, 7) is 0.467. The molecule has 1 saturated heterocycles. The van der Waals surface area contributed by atoms with Gasteiger partial charge in [0.1, 0.15) is 4.70 Å². The van der Waals surface area contributed by atoms with Crippen molar-refractivity contribution in [3.63, 3.8) is 0 Å². The number of benzene rings is 1. The summed E-state index contributed by atoms with van der Waals surface area (Å²) in [6, 6.07) is 7.08. The minimum atomic E-state index is -1.65. The van der Waals surface area contributed by atoms with Crippen LogP contribution in [0.2, 0.25) is 0 Å². The maximum absolute atomic E-state index is 12.0. The Bertz CT molecular complexity index is 1140. The van der Waals surface area contributed by atoms with E-state index in [1.54, 1.807) is 36.8 Å². The lowest BCUT2D eigenvalue weighted by Crippen LogP contribution is -2.37. The number of nitrogens with zero attached hydrogens (tertiary/aromatic N) is 4. The molecule has 8 nitrogen and oxygen atoms in total. The van der Waals surface area contributed by atoms with Crippen molar-refractivity contribution in [3.05, 3.63) is 41.0 Å². The quantitative estimate of drug-likeness (QED) is 0.629. The van der Waals surface area contributed by atoms with Crippen LogP contribution in [-0.4, -0.2) is 55.8 Å². The number of carbonyl (C=O) groups excluding carboxylic acids is 2. The van der Waals surface area contributed by atoms with E-state index < -0.39 is 17.4 Å². The molecule has 2 aromatic heterocycles. The lowest BCUT2D eigenvalue weighted by molar-refractivity contribution is -0.137. The van der Waals surface area contributed by atoms with Crippen LogP contribution in [0.15, 0.2) is 29.8 Å². The van der Waals surface area contributed by atoms with Gasteiger partial charge in [-0.2, -0.15) is 5.10 Å². The lowest BCUT2D eigenvalue weighted by atomic mass is 10.0. The number of aromatic nitrogens is 3. The average molecular weight is 381 g/mol. The number of nitrogens with two attached hydrogens (primary N) is 1. The molecule has 3 N–H and O–H groups in total. The number of carbonyl (C=O) groups is 2. The van der Waals surface area contributed by atoms with Crippen LogP contribution in [0.4, 0.5) is 0 Å². The van der Waals surface area contributed by atoms with Gasteiger partial charge in [0.2, 0.25) is 5.60 Å². The van der Waals surface area contributed by atoms with Crippen molar-refractivity contribution in [2.75, 3.05) is 13.6 Å². The van der Waals surface area contributed by atoms with E-state index in [2.05, 4.69) is 21.9 Å². The zero-order chi connectivity index (χ0) is 19.2. The van der Waals surface area contributed by atoms with Gasteiger partial charge in [-0.05, 0) is 18.2 Å². The van der Waals surface area contributed by atoms with Gasteiger partial charge in [0, 0.05) is 25.6 Å². The SMILES string of the molecule is CN1CC[C@@](O)(C#Cc2cccc(-n3nc(C(N)=O)c4scnc43)c2)C1=O. The Kier molecular flexibility index (Phi) is 3.95. The van der Waals surface area contributed by atoms with E-state index in [0.29, 0.717) is 28.1 Å². The number of hydrogen-bond donors (Lipinski definition) is 2. The maximum Gasteiger partial charge on any atom is 0.270 e. The maximum atomic E-state index is 12.0. The number of rotatable bonds is 2. The number of likely N-dealkylation sites (N-methyl/N-ethyl adjacent to an activating group) is 1. The molecule has 0 aliphatic carbocycles. The minimum Gasteiger partial charge on any atom is -0.369 e. The first-order chi connectivity index (χ1) is 12.9. The Morgan fingerprint density at radius 3 is 2.96 bits per heavy atom. The molecule has 3 heterocycles. The van der Waals surface area contributed by atoms with E-state index in [4.69, 9.17) is 5.73 Å². The van der Waals surface area contributed by atoms with Crippen molar-refractivity contribution in [1.29, 1.82) is 0 Å². The normalized spacial score (nSPS) is 19.3. The van der Waals surface area contributed by atoms with Crippen LogP contribution < -0.4 is 5.73 Å². The molecule has 1 aliphatic rings. The third-order valence-corrected chi connectivity index (χ3v) is 5.23. The third kappa shape index (κ3) is 2.85. The molecule has 4 rings (SSSR count). The summed E-state index contributed by atoms with van der Waals surface area (Å²) >= 11 is 1.29. The first-order valence-electron chi connectivity index (χ1n) is 8.12. The van der Waals surface area contributed by atoms with Crippen LogP contribution in [0, 0.1) is 11.8 Å². The van der Waals surface area contributed by atoms with Gasteiger partial charge in [0.15, 0.2) is 11.3 Å². The highest BCUT2D eigenvalue weighted by Gasteiger charge is 2.42. The monoisotopic (exact) mass is 381 g/mol. The number of fused-ring (bicyclic) bond motifs is 1. The Morgan fingerprint density at radius 1 is 1.44 bits per heavy atom. The van der Waals surface area contributed by atoms with Gasteiger partial charge in [-0.1, -0.05) is 17.9 Å². The minimum absolute atomic E-state index is 0.165. The molecular weight excluding hydrogens is 366 g/mol. The van der Waals surface area contributed by atoms with Crippen LogP contribution in [0.3, 0.4) is 0 Å². The summed E-state index contributed by atoms with van der Waals surface area (Å²) in [6.07, 6.45) is 0.273. The molecule has 1 fully saturated rings. The molecule has 9 heteroatoms. The highest BCUT2D eigenvalue weighted by molar-refractivity contribution is 7.17. The standard InChI is InChI=1S/C18H15N5O3S/c1-22-8-7-18(26,17(22)25)6-5-11-3-2-4-12(9-11)23-16-14(27-10-20-16)13(21-23)15(19)24/h2-4,9-10,26H,7-8H2,1H3,(H2,19,24)/t18-/m0/s1. The molecular formula is C18H15N5O3S. The Balaban J connectivity index is 1.73. The predicted octanol–water partition coefficient (Wildman–Crippen LogP) is 0.526. The highest BCUT2D eigenvalue weighted by Crippen LogP contribution is 2.25. The Hall–Kier alpha value is -3.22. The second-order valence-electron chi connectivity index (χ2n) is 6.27. The smallest absolute Gasteiger partial charge is 0.270 e. The molecule has 136 valence electrons. The number of amides is 2. The van der Waals surface area contributed by atoms with Gasteiger partial charge in [0.25, 0.3) is 11.8 Å². The van der Waals surface area contributed by atoms with Gasteiger partial charge < -0.3 is 15.7 Å². The second kappa shape index (κ2) is 6.19. The molecule has 1 atom stereocenters. The van der Waals surface area contributed by atoms with Crippen LogP contribution in [-0.2, 0) is 4.79 Å². The fourth-order valence-corrected chi connectivity index (χ4v) is 3.70. The summed E-state index contributed by atoms with van der Waals surface area (Å²) in [4.78, 5) is 29.3. The van der Waals surface area contributed by atoms with Crippen LogP contribution in [0.25, 0.3) is 16.0 Å². The lowest BCUT2D eigenvalue weighted by Gasteiger charge is -2.13. The fourth-order valence-electron chi connectivity index (χ4n) is 2.95. The van der Waals surface area contributed by atoms with E-state index in [1.165, 1.54) is 20.9 Å². The van der Waals surface area contributed by atoms with Crippen molar-refractivity contribution < 1.29 is 14.7 Å². The van der Waals surface area contributed by atoms with Gasteiger partial charge in [-0.3, -0.25) is 9.59 Å². The zero-order valence-corrected chi connectivity index (χ0v) is 15.2. The molecule has 27 heavy (non-hydrogen) atoms. The van der Waals surface area contributed by atoms with Gasteiger partial charge >= 0.3 is 0 Å². The molecule has 0 spiro atoms. The molecule has 0 radical (unpaired) electrons. The third-order valence-electron chi connectivity index (χ3n) is 4.41. The average Bonchev–Trinajstić information content (AvgIpc) is 3.32. The van der Waals surface area contributed by atoms with Crippen LogP contribution in [0.5, 0.6) is 0 Å². The summed E-state index contributed by atoms with van der Waals surface area (Å²) in [5, 5.41) is 14.7. The van der Waals surface area contributed by atoms with Crippen LogP contribution >= 0.6 is 11.3 Å². The summed E-state index contributed by atoms with van der Waals surface area (Å²) in [5.41, 5.74) is 7.30. The number of likely N-dealkylation sites (tertiary alicyclic amines) is 1. The molecule has 1 aliphatic heterocycles. The van der Waals surface area contributed by atoms with Gasteiger partial charge in [-0.25, -0.2) is 9.67 Å². The molecule has 0 unspecified atom stereocenters. The molecule has 0 bridgehead atoms. The summed E-state index contributed by atoms with van der Waals surface area (Å²) < 4.78 is 2.15. The van der Waals surface area contributed by atoms with Crippen molar-refractivity contribution in [2.45, 2.75) is 12.0 Å². The van der Waals surface area contributed by atoms with E-state index in [0.717, 1.165) is 0 Å². The van der Waals surface area contributed by atoms with E-state index >= 15 is 0 Å². The molecule has 0 saturated carbocycles. The number of aliphatic hydroxyl groups is 1. The Morgan fingerprint density at radius 2 is 2.26 bits per heavy atom. The largest absolute Gasteiger partial charge is 0.369 e. The van der Waals surface area contributed by atoms with Crippen molar-refractivity contribution in [3.8, 4) is 17.5 Å².